The second kappa shape index (κ2) is 12.5. The van der Waals surface area contributed by atoms with Crippen LogP contribution in [0.4, 0.5) is 9.52 Å². The lowest BCUT2D eigenvalue weighted by atomic mass is 10.1. The molecule has 1 unspecified atom stereocenters. The Hall–Kier alpha value is -3.64. The maximum Gasteiger partial charge on any atom is 0.338 e. The molecule has 206 valence electrons. The average molecular weight is 574 g/mol. The Bertz CT molecular complexity index is 1440. The molecule has 0 radical (unpaired) electrons. The van der Waals surface area contributed by atoms with Gasteiger partial charge in [-0.25, -0.2) is 18.2 Å². The minimum atomic E-state index is -3.40. The Balaban J connectivity index is 1.42. The van der Waals surface area contributed by atoms with E-state index >= 15 is 0 Å². The normalized spacial score (nSPS) is 15.3. The quantitative estimate of drug-likeness (QED) is 0.184. The first-order valence-corrected chi connectivity index (χ1v) is 14.8. The van der Waals surface area contributed by atoms with Crippen molar-refractivity contribution in [3.8, 4) is 0 Å². The number of carbonyl (C=O) groups excluding carboxylic acids is 2. The van der Waals surface area contributed by atoms with E-state index in [2.05, 4.69) is 15.5 Å². The highest BCUT2D eigenvalue weighted by Gasteiger charge is 2.36. The third-order valence-corrected chi connectivity index (χ3v) is 8.93. The van der Waals surface area contributed by atoms with Crippen LogP contribution in [0.15, 0.2) is 70.8 Å². The number of halogens is 1. The molecule has 1 aliphatic rings. The predicted octanol–water partition coefficient (Wildman–Crippen LogP) is 4.99. The zero-order valence-electron chi connectivity index (χ0n) is 21.4. The van der Waals surface area contributed by atoms with Crippen LogP contribution >= 0.6 is 11.3 Å². The van der Waals surface area contributed by atoms with E-state index in [9.17, 15) is 22.4 Å². The number of oxime groups is 1. The number of sulfone groups is 1. The minimum absolute atomic E-state index is 0.0419. The summed E-state index contributed by atoms with van der Waals surface area (Å²) < 4.78 is 43.9. The molecule has 1 fully saturated rings. The van der Waals surface area contributed by atoms with Crippen molar-refractivity contribution in [3.63, 3.8) is 0 Å². The van der Waals surface area contributed by atoms with Crippen molar-refractivity contribution in [1.82, 2.24) is 4.98 Å². The first-order valence-electron chi connectivity index (χ1n) is 12.4. The van der Waals surface area contributed by atoms with Crippen LogP contribution in [0.25, 0.3) is 0 Å². The van der Waals surface area contributed by atoms with E-state index in [0.717, 1.165) is 6.20 Å². The smallest absolute Gasteiger partial charge is 0.338 e. The molecule has 9 nitrogen and oxygen atoms in total. The molecule has 0 aliphatic heterocycles. The van der Waals surface area contributed by atoms with Crippen LogP contribution in [0.3, 0.4) is 0 Å². The molecular weight excluding hydrogens is 545 g/mol. The summed E-state index contributed by atoms with van der Waals surface area (Å²) in [6.07, 6.45) is 2.40. The van der Waals surface area contributed by atoms with Gasteiger partial charge < -0.3 is 9.57 Å². The maximum absolute atomic E-state index is 13.4. The summed E-state index contributed by atoms with van der Waals surface area (Å²) >= 11 is 0.657. The van der Waals surface area contributed by atoms with E-state index in [4.69, 9.17) is 9.57 Å². The number of aromatic nitrogens is 1. The van der Waals surface area contributed by atoms with Crippen molar-refractivity contribution in [2.24, 2.45) is 5.16 Å². The Morgan fingerprint density at radius 2 is 1.72 bits per heavy atom. The molecule has 12 heteroatoms. The molecule has 39 heavy (non-hydrogen) atoms. The highest BCUT2D eigenvalue weighted by Crippen LogP contribution is 2.33. The van der Waals surface area contributed by atoms with Crippen LogP contribution in [0.2, 0.25) is 0 Å². The number of ether oxygens (including phenoxy) is 1. The molecule has 4 rings (SSSR count). The van der Waals surface area contributed by atoms with Crippen molar-refractivity contribution in [2.75, 3.05) is 5.32 Å². The lowest BCUT2D eigenvalue weighted by Gasteiger charge is -2.16. The summed E-state index contributed by atoms with van der Waals surface area (Å²) in [5, 5.41) is 5.66. The van der Waals surface area contributed by atoms with Gasteiger partial charge in [-0.2, -0.15) is 4.39 Å². The lowest BCUT2D eigenvalue weighted by molar-refractivity contribution is -0.110. The van der Waals surface area contributed by atoms with Gasteiger partial charge in [-0.3, -0.25) is 10.1 Å². The van der Waals surface area contributed by atoms with E-state index in [0.29, 0.717) is 48.1 Å². The van der Waals surface area contributed by atoms with Gasteiger partial charge in [0.1, 0.15) is 6.10 Å². The standard InChI is InChI=1S/C27H28FN3O6S2/c1-17(36-26(33)20-6-4-3-5-7-20)8-9-18(2)37-31-24(25(32)30-27-29-16-23(28)38-27)19-10-12-21(13-11-19)39(34,35)22-14-15-22/h3-7,10-13,16-18,22H,8-9,14-15H2,1-2H3,(H,29,30,32)/t17?,18-/m0/s1. The number of carbonyl (C=O) groups is 2. The molecule has 1 heterocycles. The second-order valence-corrected chi connectivity index (χ2v) is 12.4. The van der Waals surface area contributed by atoms with Crippen molar-refractivity contribution in [3.05, 3.63) is 77.1 Å². The van der Waals surface area contributed by atoms with Crippen LogP contribution in [-0.2, 0) is 24.2 Å². The van der Waals surface area contributed by atoms with Crippen molar-refractivity contribution >= 4 is 43.9 Å². The van der Waals surface area contributed by atoms with Gasteiger partial charge in [0, 0.05) is 5.56 Å². The average Bonchev–Trinajstić information content (AvgIpc) is 3.71. The number of nitrogens with one attached hydrogen (secondary N) is 1. The largest absolute Gasteiger partial charge is 0.459 e. The van der Waals surface area contributed by atoms with E-state index < -0.39 is 32.9 Å². The highest BCUT2D eigenvalue weighted by molar-refractivity contribution is 7.92. The van der Waals surface area contributed by atoms with Gasteiger partial charge in [0.2, 0.25) is 0 Å². The molecule has 0 spiro atoms. The van der Waals surface area contributed by atoms with Gasteiger partial charge >= 0.3 is 5.97 Å². The van der Waals surface area contributed by atoms with Gasteiger partial charge in [-0.1, -0.05) is 46.8 Å². The summed E-state index contributed by atoms with van der Waals surface area (Å²) in [6.45, 7) is 3.53. The summed E-state index contributed by atoms with van der Waals surface area (Å²) in [4.78, 5) is 34.8. The fourth-order valence-electron chi connectivity index (χ4n) is 3.62. The number of hydrogen-bond donors (Lipinski definition) is 1. The summed E-state index contributed by atoms with van der Waals surface area (Å²) in [5.41, 5.74) is 0.651. The first-order chi connectivity index (χ1) is 18.6. The third kappa shape index (κ3) is 7.70. The van der Waals surface area contributed by atoms with E-state index in [1.54, 1.807) is 38.1 Å². The molecule has 2 aromatic carbocycles. The number of hydrogen-bond acceptors (Lipinski definition) is 9. The van der Waals surface area contributed by atoms with Crippen molar-refractivity contribution < 1.29 is 32.0 Å². The number of nitrogens with zero attached hydrogens (tertiary/aromatic N) is 2. The van der Waals surface area contributed by atoms with Gasteiger partial charge in [-0.05, 0) is 63.8 Å². The molecule has 1 aromatic heterocycles. The molecule has 1 aliphatic carbocycles. The highest BCUT2D eigenvalue weighted by atomic mass is 32.2. The molecule has 1 N–H and O–H groups in total. The molecule has 0 saturated heterocycles. The van der Waals surface area contributed by atoms with Crippen molar-refractivity contribution in [1.29, 1.82) is 0 Å². The topological polar surface area (TPSA) is 124 Å². The van der Waals surface area contributed by atoms with Crippen molar-refractivity contribution in [2.45, 2.75) is 61.9 Å². The summed E-state index contributed by atoms with van der Waals surface area (Å²) in [5.74, 6) is -1.11. The maximum atomic E-state index is 13.4. The lowest BCUT2D eigenvalue weighted by Crippen LogP contribution is -2.25. The molecule has 0 bridgehead atoms. The number of rotatable bonds is 12. The zero-order chi connectivity index (χ0) is 28.0. The van der Waals surface area contributed by atoms with Crippen LogP contribution in [0, 0.1) is 5.13 Å². The molecule has 1 saturated carbocycles. The second-order valence-electron chi connectivity index (χ2n) is 9.21. The summed E-state index contributed by atoms with van der Waals surface area (Å²) in [6, 6.07) is 14.5. The van der Waals surface area contributed by atoms with E-state index in [1.807, 2.05) is 6.07 Å². The van der Waals surface area contributed by atoms with E-state index in [-0.39, 0.29) is 27.1 Å². The SMILES string of the molecule is CC(CC[C@H](C)ON=C(C(=O)Nc1ncc(F)s1)c1ccc(S(=O)(=O)C2CC2)cc1)OC(=O)c1ccccc1. The zero-order valence-corrected chi connectivity index (χ0v) is 23.0. The van der Waals surface area contributed by atoms with Gasteiger partial charge in [0.25, 0.3) is 5.91 Å². The minimum Gasteiger partial charge on any atom is -0.459 e. The monoisotopic (exact) mass is 573 g/mol. The molecule has 1 amide bonds. The van der Waals surface area contributed by atoms with Gasteiger partial charge in [-0.15, -0.1) is 0 Å². The fourth-order valence-corrected chi connectivity index (χ4v) is 5.81. The van der Waals surface area contributed by atoms with Crippen LogP contribution in [0.5, 0.6) is 0 Å². The molecule has 3 aromatic rings. The molecular formula is C27H28FN3O6S2. The van der Waals surface area contributed by atoms with Crippen LogP contribution < -0.4 is 5.32 Å². The summed E-state index contributed by atoms with van der Waals surface area (Å²) in [7, 11) is -3.40. The molecule has 2 atom stereocenters. The predicted molar refractivity (Wildman–Crippen MR) is 145 cm³/mol. The van der Waals surface area contributed by atoms with Crippen LogP contribution in [0.1, 0.15) is 55.5 Å². The fraction of sp³-hybridized carbons (Fsp3) is 0.333. The number of thiazole rings is 1. The van der Waals surface area contributed by atoms with Crippen LogP contribution in [-0.4, -0.2) is 48.4 Å². The number of esters is 1. The van der Waals surface area contributed by atoms with Gasteiger partial charge in [0.05, 0.1) is 28.0 Å². The number of anilines is 1. The third-order valence-electron chi connectivity index (χ3n) is 5.95. The van der Waals surface area contributed by atoms with Gasteiger partial charge in [0.15, 0.2) is 25.8 Å². The Labute approximate surface area is 230 Å². The van der Waals surface area contributed by atoms with E-state index in [1.165, 1.54) is 24.3 Å². The Kier molecular flexibility index (Phi) is 9.08. The number of benzene rings is 2. The first kappa shape index (κ1) is 28.4. The Morgan fingerprint density at radius 1 is 1.05 bits per heavy atom. The Morgan fingerprint density at radius 3 is 2.33 bits per heavy atom. The number of amides is 1.